The molecule has 0 bridgehead atoms. The van der Waals surface area contributed by atoms with Gasteiger partial charge in [-0.3, -0.25) is 9.97 Å². The number of rotatable bonds is 4. The third-order valence-corrected chi connectivity index (χ3v) is 14.0. The molecule has 4 aliphatic heterocycles. The second-order valence-electron chi connectivity index (χ2n) is 18.1. The zero-order valence-corrected chi connectivity index (χ0v) is 37.2. The van der Waals surface area contributed by atoms with Crippen LogP contribution in [-0.2, 0) is 26.4 Å². The predicted octanol–water partition coefficient (Wildman–Crippen LogP) is 14.6. The van der Waals surface area contributed by atoms with Crippen LogP contribution in [0.5, 0.6) is 23.0 Å². The number of ether oxygens (including phenoxy) is 4. The van der Waals surface area contributed by atoms with Crippen LogP contribution < -0.4 is 18.9 Å². The molecule has 0 saturated carbocycles. The first-order chi connectivity index (χ1) is 32.4. The molecule has 318 valence electrons. The maximum absolute atomic E-state index is 6.98. The number of nitrogens with zero attached hydrogens (tertiary/aromatic N) is 2. The van der Waals surface area contributed by atoms with E-state index in [-0.39, 0.29) is 0 Å². The topological polar surface area (TPSA) is 62.7 Å². The molecule has 2 aromatic heterocycles. The van der Waals surface area contributed by atoms with Crippen molar-refractivity contribution in [3.05, 3.63) is 191 Å². The van der Waals surface area contributed by atoms with E-state index in [9.17, 15) is 0 Å². The molecule has 0 atom stereocenters. The summed E-state index contributed by atoms with van der Waals surface area (Å²) in [7, 11) is 0. The van der Waals surface area contributed by atoms with Gasteiger partial charge in [0.2, 0.25) is 0 Å². The average Bonchev–Trinajstić information content (AvgIpc) is 3.35. The summed E-state index contributed by atoms with van der Waals surface area (Å²) in [6.07, 6.45) is 7.56. The fraction of sp³-hybridized carbons (Fsp3) is 0.133. The van der Waals surface area contributed by atoms with Gasteiger partial charge in [-0.25, -0.2) is 0 Å². The van der Waals surface area contributed by atoms with Gasteiger partial charge in [-0.2, -0.15) is 0 Å². The smallest absolute Gasteiger partial charge is 0.131 e. The van der Waals surface area contributed by atoms with E-state index in [1.807, 2.05) is 36.9 Å². The quantitative estimate of drug-likeness (QED) is 0.176. The molecule has 0 aliphatic carbocycles. The van der Waals surface area contributed by atoms with Crippen LogP contribution >= 0.6 is 0 Å². The highest BCUT2D eigenvalue weighted by Crippen LogP contribution is 2.60. The van der Waals surface area contributed by atoms with E-state index >= 15 is 0 Å². The number of pyridine rings is 2. The molecule has 9 aromatic rings. The highest BCUT2D eigenvalue weighted by atomic mass is 16.5. The second-order valence-corrected chi connectivity index (χ2v) is 18.1. The molecule has 0 N–H and O–H groups in total. The van der Waals surface area contributed by atoms with Crippen molar-refractivity contribution in [3.63, 3.8) is 0 Å². The van der Waals surface area contributed by atoms with E-state index in [0.717, 1.165) is 134 Å². The lowest BCUT2D eigenvalue weighted by atomic mass is 9.74. The third-order valence-electron chi connectivity index (χ3n) is 14.0. The van der Waals surface area contributed by atoms with E-state index in [4.69, 9.17) is 28.9 Å². The van der Waals surface area contributed by atoms with Gasteiger partial charge >= 0.3 is 0 Å². The minimum Gasteiger partial charge on any atom is -0.488 e. The molecule has 4 aliphatic rings. The number of aryl methyl sites for hydroxylation is 4. The first-order valence-corrected chi connectivity index (χ1v) is 22.7. The number of benzene rings is 7. The summed E-state index contributed by atoms with van der Waals surface area (Å²) >= 11 is 0. The van der Waals surface area contributed by atoms with Gasteiger partial charge in [-0.1, -0.05) is 119 Å². The minimum atomic E-state index is 0.382. The summed E-state index contributed by atoms with van der Waals surface area (Å²) in [4.78, 5) is 9.42. The molecule has 6 heteroatoms. The van der Waals surface area contributed by atoms with Crippen molar-refractivity contribution in [2.24, 2.45) is 0 Å². The Bertz CT molecular complexity index is 3250. The summed E-state index contributed by atoms with van der Waals surface area (Å²) < 4.78 is 27.3. The highest BCUT2D eigenvalue weighted by Gasteiger charge is 2.38. The van der Waals surface area contributed by atoms with Crippen molar-refractivity contribution >= 4 is 0 Å². The van der Waals surface area contributed by atoms with Crippen LogP contribution in [0.15, 0.2) is 146 Å². The molecule has 7 aromatic carbocycles. The Kier molecular flexibility index (Phi) is 8.63. The van der Waals surface area contributed by atoms with Gasteiger partial charge in [0.15, 0.2) is 0 Å². The number of fused-ring (bicyclic) bond motifs is 14. The van der Waals surface area contributed by atoms with Gasteiger partial charge in [-0.05, 0) is 90.4 Å². The van der Waals surface area contributed by atoms with Crippen molar-refractivity contribution in [3.8, 4) is 112 Å². The number of hydrogen-bond donors (Lipinski definition) is 0. The van der Waals surface area contributed by atoms with Crippen molar-refractivity contribution in [2.45, 2.75) is 54.1 Å². The SMILES string of the molecule is Cc1ccc(-c2c3c(c4c(c2-c2ccc(C)cc2)COc2cc5c(cc2-4)-c2c(c(-c4ccc(C)cc4)c(-c4ccc(C)cc4)c4c2-c2cnccc2OC4)CO5)-c2cnccc2OC3)cc1. The Morgan fingerprint density at radius 1 is 0.303 bits per heavy atom. The van der Waals surface area contributed by atoms with E-state index in [2.05, 4.69) is 137 Å². The first kappa shape index (κ1) is 38.5. The summed E-state index contributed by atoms with van der Waals surface area (Å²) in [5.74, 6) is 3.22. The Labute approximate surface area is 384 Å². The zero-order valence-electron chi connectivity index (χ0n) is 37.2. The van der Waals surface area contributed by atoms with Crippen molar-refractivity contribution in [1.82, 2.24) is 9.97 Å². The van der Waals surface area contributed by atoms with E-state index in [0.29, 0.717) is 26.4 Å². The van der Waals surface area contributed by atoms with Gasteiger partial charge in [0.25, 0.3) is 0 Å². The molecule has 0 spiro atoms. The standard InChI is InChI=1S/C60H44N2O4/c1-33-5-13-37(14-6-33)53-45-31-65-51-26-52-42(25-41(51)57(45)59-43-27-61-23-21-49(43)63-29-47(59)55(53)39-17-9-35(3)10-18-39)58-46(32-66-52)54(38-15-7-34(2)8-16-38)56(40-19-11-36(4)12-20-40)48-30-64-50-22-24-62-28-44(50)60(48)58/h5-28H,29-32H2,1-4H3. The summed E-state index contributed by atoms with van der Waals surface area (Å²) in [5.41, 5.74) is 27.0. The van der Waals surface area contributed by atoms with Crippen LogP contribution in [0.1, 0.15) is 44.5 Å². The molecule has 0 unspecified atom stereocenters. The van der Waals surface area contributed by atoms with Crippen LogP contribution in [-0.4, -0.2) is 9.97 Å². The lowest BCUT2D eigenvalue weighted by Crippen LogP contribution is -2.18. The summed E-state index contributed by atoms with van der Waals surface area (Å²) in [6.45, 7) is 10.1. The summed E-state index contributed by atoms with van der Waals surface area (Å²) in [5, 5.41) is 0. The Balaban J connectivity index is 1.16. The Morgan fingerprint density at radius 3 is 0.909 bits per heavy atom. The maximum atomic E-state index is 6.98. The molecular weight excluding hydrogens is 813 g/mol. The van der Waals surface area contributed by atoms with Crippen molar-refractivity contribution < 1.29 is 18.9 Å². The van der Waals surface area contributed by atoms with Crippen LogP contribution in [0.3, 0.4) is 0 Å². The molecule has 66 heavy (non-hydrogen) atoms. The fourth-order valence-electron chi connectivity index (χ4n) is 10.8. The molecule has 6 nitrogen and oxygen atoms in total. The number of aromatic nitrogens is 2. The fourth-order valence-corrected chi connectivity index (χ4v) is 10.8. The lowest BCUT2D eigenvalue weighted by molar-refractivity contribution is 0.285. The molecular formula is C60H44N2O4. The molecule has 0 fully saturated rings. The van der Waals surface area contributed by atoms with Crippen molar-refractivity contribution in [1.29, 1.82) is 0 Å². The van der Waals surface area contributed by atoms with Crippen LogP contribution in [0.2, 0.25) is 0 Å². The van der Waals surface area contributed by atoms with E-state index in [1.165, 1.54) is 22.3 Å². The van der Waals surface area contributed by atoms with Crippen LogP contribution in [0.25, 0.3) is 89.0 Å². The largest absolute Gasteiger partial charge is 0.488 e. The monoisotopic (exact) mass is 856 g/mol. The molecule has 0 amide bonds. The second kappa shape index (κ2) is 14.8. The van der Waals surface area contributed by atoms with Crippen molar-refractivity contribution in [2.75, 3.05) is 0 Å². The van der Waals surface area contributed by atoms with Crippen LogP contribution in [0, 0.1) is 27.7 Å². The Hall–Kier alpha value is -7.96. The number of hydrogen-bond acceptors (Lipinski definition) is 6. The molecule has 13 rings (SSSR count). The highest BCUT2D eigenvalue weighted by molar-refractivity contribution is 6.08. The minimum absolute atomic E-state index is 0.382. The summed E-state index contributed by atoms with van der Waals surface area (Å²) in [6, 6.07) is 44.0. The van der Waals surface area contributed by atoms with Gasteiger partial charge in [-0.15, -0.1) is 0 Å². The van der Waals surface area contributed by atoms with Gasteiger partial charge in [0.1, 0.15) is 49.4 Å². The maximum Gasteiger partial charge on any atom is 0.131 e. The predicted molar refractivity (Wildman–Crippen MR) is 262 cm³/mol. The van der Waals surface area contributed by atoms with Crippen LogP contribution in [0.4, 0.5) is 0 Å². The van der Waals surface area contributed by atoms with Gasteiger partial charge < -0.3 is 18.9 Å². The van der Waals surface area contributed by atoms with Gasteiger partial charge in [0, 0.05) is 97.6 Å². The molecule has 6 heterocycles. The average molecular weight is 857 g/mol. The van der Waals surface area contributed by atoms with E-state index < -0.39 is 0 Å². The van der Waals surface area contributed by atoms with E-state index in [1.54, 1.807) is 0 Å². The third kappa shape index (κ3) is 5.87. The zero-order chi connectivity index (χ0) is 44.2. The normalized spacial score (nSPS) is 13.4. The van der Waals surface area contributed by atoms with Gasteiger partial charge in [0.05, 0.1) is 0 Å². The lowest BCUT2D eigenvalue weighted by Gasteiger charge is -2.36. The molecule has 0 radical (unpaired) electrons. The first-order valence-electron chi connectivity index (χ1n) is 22.7. The Morgan fingerprint density at radius 2 is 0.591 bits per heavy atom. The molecule has 0 saturated heterocycles.